The zero-order valence-corrected chi connectivity index (χ0v) is 10.8. The second-order valence-corrected chi connectivity index (χ2v) is 4.74. The molecule has 2 heteroatoms. The van der Waals surface area contributed by atoms with Crippen molar-refractivity contribution in [3.8, 4) is 0 Å². The van der Waals surface area contributed by atoms with Crippen LogP contribution in [-0.4, -0.2) is 11.0 Å². The number of nitrogens with two attached hydrogens (primary N) is 1. The van der Waals surface area contributed by atoms with E-state index < -0.39 is 0 Å². The van der Waals surface area contributed by atoms with E-state index >= 15 is 0 Å². The normalized spacial score (nSPS) is 14.8. The Morgan fingerprint density at radius 1 is 1.29 bits per heavy atom. The topological polar surface area (TPSA) is 38.9 Å². The third-order valence-electron chi connectivity index (χ3n) is 3.50. The predicted molar refractivity (Wildman–Crippen MR) is 73.2 cm³/mol. The fourth-order valence-electron chi connectivity index (χ4n) is 2.25. The predicted octanol–water partition coefficient (Wildman–Crippen LogP) is 3.38. The molecule has 0 spiro atoms. The van der Waals surface area contributed by atoms with Crippen molar-refractivity contribution in [1.82, 2.24) is 4.98 Å². The number of nitrogens with zero attached hydrogens (tertiary/aromatic N) is 1. The Morgan fingerprint density at radius 2 is 2.00 bits per heavy atom. The molecule has 2 atom stereocenters. The summed E-state index contributed by atoms with van der Waals surface area (Å²) in [4.78, 5) is 4.76. The Kier molecular flexibility index (Phi) is 3.43. The molecule has 1 heterocycles. The summed E-state index contributed by atoms with van der Waals surface area (Å²) in [7, 11) is 0. The van der Waals surface area contributed by atoms with Crippen molar-refractivity contribution in [2.45, 2.75) is 39.2 Å². The molecule has 0 saturated heterocycles. The van der Waals surface area contributed by atoms with Gasteiger partial charge in [-0.05, 0) is 31.0 Å². The van der Waals surface area contributed by atoms with Crippen LogP contribution in [0.1, 0.15) is 37.4 Å². The van der Waals surface area contributed by atoms with Crippen molar-refractivity contribution in [3.63, 3.8) is 0 Å². The molecule has 2 aromatic rings. The Hall–Kier alpha value is -1.41. The fraction of sp³-hybridized carbons (Fsp3) is 0.400. The first-order chi connectivity index (χ1) is 8.13. The van der Waals surface area contributed by atoms with Gasteiger partial charge in [0.25, 0.3) is 0 Å². The summed E-state index contributed by atoms with van der Waals surface area (Å²) in [5.41, 5.74) is 9.55. The zero-order valence-electron chi connectivity index (χ0n) is 10.8. The highest BCUT2D eigenvalue weighted by Crippen LogP contribution is 2.24. The molecular formula is C15H20N2. The van der Waals surface area contributed by atoms with Gasteiger partial charge >= 0.3 is 0 Å². The van der Waals surface area contributed by atoms with Gasteiger partial charge in [-0.15, -0.1) is 0 Å². The maximum atomic E-state index is 6.12. The largest absolute Gasteiger partial charge is 0.327 e. The van der Waals surface area contributed by atoms with E-state index in [1.54, 1.807) is 0 Å². The van der Waals surface area contributed by atoms with E-state index in [0.717, 1.165) is 17.6 Å². The van der Waals surface area contributed by atoms with Crippen LogP contribution in [0.15, 0.2) is 30.3 Å². The van der Waals surface area contributed by atoms with Crippen molar-refractivity contribution in [2.24, 2.45) is 5.73 Å². The van der Waals surface area contributed by atoms with Gasteiger partial charge in [-0.25, -0.2) is 0 Å². The highest BCUT2D eigenvalue weighted by Gasteiger charge is 2.17. The lowest BCUT2D eigenvalue weighted by atomic mass is 9.93. The van der Waals surface area contributed by atoms with Gasteiger partial charge < -0.3 is 5.73 Å². The minimum Gasteiger partial charge on any atom is -0.327 e. The molecule has 2 rings (SSSR count). The van der Waals surface area contributed by atoms with Crippen LogP contribution in [0.3, 0.4) is 0 Å². The molecule has 0 aliphatic rings. The molecule has 1 aromatic heterocycles. The summed E-state index contributed by atoms with van der Waals surface area (Å²) in [6.45, 7) is 6.41. The van der Waals surface area contributed by atoms with E-state index in [0.29, 0.717) is 5.92 Å². The number of aromatic nitrogens is 1. The molecule has 0 aliphatic heterocycles. The van der Waals surface area contributed by atoms with E-state index in [2.05, 4.69) is 39.0 Å². The smallest absolute Gasteiger partial charge is 0.0705 e. The summed E-state index contributed by atoms with van der Waals surface area (Å²) >= 11 is 0. The summed E-state index contributed by atoms with van der Waals surface area (Å²) in [5.74, 6) is 0.310. The average molecular weight is 228 g/mol. The number of benzene rings is 1. The molecular weight excluding hydrogens is 208 g/mol. The molecule has 0 radical (unpaired) electrons. The van der Waals surface area contributed by atoms with Gasteiger partial charge in [0.05, 0.1) is 5.52 Å². The number of rotatable bonds is 3. The highest BCUT2D eigenvalue weighted by atomic mass is 14.7. The van der Waals surface area contributed by atoms with Crippen molar-refractivity contribution in [3.05, 3.63) is 41.6 Å². The van der Waals surface area contributed by atoms with E-state index in [9.17, 15) is 0 Å². The Bertz CT molecular complexity index is 519. The minimum absolute atomic E-state index is 0.183. The first-order valence-electron chi connectivity index (χ1n) is 6.25. The van der Waals surface area contributed by atoms with E-state index in [1.165, 1.54) is 10.9 Å². The number of pyridine rings is 1. The van der Waals surface area contributed by atoms with Crippen LogP contribution in [-0.2, 0) is 0 Å². The Balaban J connectivity index is 2.50. The lowest BCUT2D eigenvalue weighted by molar-refractivity contribution is 0.540. The summed E-state index contributed by atoms with van der Waals surface area (Å²) in [6.07, 6.45) is 0.981. The minimum atomic E-state index is 0.183. The number of fused-ring (bicyclic) bond motifs is 1. The lowest BCUT2D eigenvalue weighted by Gasteiger charge is -2.20. The van der Waals surface area contributed by atoms with Crippen LogP contribution in [0.2, 0.25) is 0 Å². The summed E-state index contributed by atoms with van der Waals surface area (Å²) in [5, 5.41) is 1.20. The quantitative estimate of drug-likeness (QED) is 0.874. The second-order valence-electron chi connectivity index (χ2n) is 4.74. The monoisotopic (exact) mass is 228 g/mol. The maximum Gasteiger partial charge on any atom is 0.0705 e. The van der Waals surface area contributed by atoms with Crippen LogP contribution >= 0.6 is 0 Å². The Labute approximate surface area is 103 Å². The average Bonchev–Trinajstić information content (AvgIpc) is 2.36. The van der Waals surface area contributed by atoms with E-state index in [-0.39, 0.29) is 6.04 Å². The van der Waals surface area contributed by atoms with Crippen LogP contribution in [0.5, 0.6) is 0 Å². The molecule has 2 unspecified atom stereocenters. The molecule has 2 nitrogen and oxygen atoms in total. The van der Waals surface area contributed by atoms with Crippen molar-refractivity contribution in [1.29, 1.82) is 0 Å². The van der Waals surface area contributed by atoms with Gasteiger partial charge in [0.1, 0.15) is 0 Å². The molecule has 0 fully saturated rings. The van der Waals surface area contributed by atoms with Crippen LogP contribution < -0.4 is 5.73 Å². The maximum absolute atomic E-state index is 6.12. The summed E-state index contributed by atoms with van der Waals surface area (Å²) < 4.78 is 0. The lowest BCUT2D eigenvalue weighted by Crippen LogP contribution is -2.26. The number of aryl methyl sites for hydroxylation is 1. The molecule has 0 amide bonds. The van der Waals surface area contributed by atoms with Gasteiger partial charge in [-0.3, -0.25) is 4.98 Å². The van der Waals surface area contributed by atoms with Crippen LogP contribution in [0, 0.1) is 6.92 Å². The van der Waals surface area contributed by atoms with Crippen molar-refractivity contribution < 1.29 is 0 Å². The third-order valence-corrected chi connectivity index (χ3v) is 3.50. The Morgan fingerprint density at radius 3 is 2.71 bits per heavy atom. The molecule has 2 N–H and O–H groups in total. The van der Waals surface area contributed by atoms with E-state index in [4.69, 9.17) is 10.7 Å². The number of hydrogen-bond donors (Lipinski definition) is 1. The molecule has 90 valence electrons. The SMILES string of the molecule is CCC(N)C(C)c1nc2ccccc2cc1C. The second kappa shape index (κ2) is 4.84. The van der Waals surface area contributed by atoms with Crippen LogP contribution in [0.4, 0.5) is 0 Å². The number of para-hydroxylation sites is 1. The molecule has 1 aromatic carbocycles. The molecule has 0 bridgehead atoms. The van der Waals surface area contributed by atoms with Gasteiger partial charge in [-0.1, -0.05) is 32.0 Å². The third kappa shape index (κ3) is 2.32. The zero-order chi connectivity index (χ0) is 12.4. The first-order valence-corrected chi connectivity index (χ1v) is 6.25. The van der Waals surface area contributed by atoms with Gasteiger partial charge in [-0.2, -0.15) is 0 Å². The standard InChI is InChI=1S/C15H20N2/c1-4-13(16)11(3)15-10(2)9-12-7-5-6-8-14(12)17-15/h5-9,11,13H,4,16H2,1-3H3. The van der Waals surface area contributed by atoms with Crippen LogP contribution in [0.25, 0.3) is 10.9 Å². The van der Waals surface area contributed by atoms with Crippen molar-refractivity contribution in [2.75, 3.05) is 0 Å². The van der Waals surface area contributed by atoms with E-state index in [1.807, 2.05) is 12.1 Å². The van der Waals surface area contributed by atoms with Crippen molar-refractivity contribution >= 4 is 10.9 Å². The number of hydrogen-bond acceptors (Lipinski definition) is 2. The van der Waals surface area contributed by atoms with Gasteiger partial charge in [0.2, 0.25) is 0 Å². The first kappa shape index (κ1) is 12.1. The van der Waals surface area contributed by atoms with Gasteiger partial charge in [0.15, 0.2) is 0 Å². The summed E-state index contributed by atoms with van der Waals surface area (Å²) in [6, 6.07) is 10.6. The highest BCUT2D eigenvalue weighted by molar-refractivity contribution is 5.79. The molecule has 0 aliphatic carbocycles. The molecule has 0 saturated carbocycles. The molecule has 17 heavy (non-hydrogen) atoms. The van der Waals surface area contributed by atoms with Gasteiger partial charge in [0, 0.05) is 23.0 Å². The fourth-order valence-corrected chi connectivity index (χ4v) is 2.25.